The molecule has 0 N–H and O–H groups in total. The minimum atomic E-state index is 0.796. The van der Waals surface area contributed by atoms with E-state index >= 15 is 0 Å². The molecule has 3 aromatic carbocycles. The summed E-state index contributed by atoms with van der Waals surface area (Å²) in [6.07, 6.45) is 5.64. The third kappa shape index (κ3) is 6.14. The molecule has 186 valence electrons. The lowest BCUT2D eigenvalue weighted by molar-refractivity contribution is 0.148. The summed E-state index contributed by atoms with van der Waals surface area (Å²) in [5, 5.41) is 0. The largest absolute Gasteiger partial charge is 0.497 e. The molecule has 2 heterocycles. The summed E-state index contributed by atoms with van der Waals surface area (Å²) in [5.74, 6) is 0.887. The van der Waals surface area contributed by atoms with Crippen molar-refractivity contribution in [1.82, 2.24) is 19.4 Å². The fourth-order valence-corrected chi connectivity index (χ4v) is 4.79. The predicted octanol–water partition coefficient (Wildman–Crippen LogP) is 4.84. The molecular formula is C30H35N5O. The Morgan fingerprint density at radius 3 is 2.31 bits per heavy atom. The second-order valence-corrected chi connectivity index (χ2v) is 9.60. The summed E-state index contributed by atoms with van der Waals surface area (Å²) < 4.78 is 7.54. The average Bonchev–Trinajstić information content (AvgIpc) is 3.46. The van der Waals surface area contributed by atoms with Gasteiger partial charge in [0.2, 0.25) is 0 Å². The van der Waals surface area contributed by atoms with Crippen LogP contribution in [0.4, 0.5) is 5.69 Å². The van der Waals surface area contributed by atoms with Crippen LogP contribution >= 0.6 is 0 Å². The van der Waals surface area contributed by atoms with Crippen molar-refractivity contribution in [3.8, 4) is 11.4 Å². The third-order valence-corrected chi connectivity index (χ3v) is 6.87. The lowest BCUT2D eigenvalue weighted by Crippen LogP contribution is -2.43. The zero-order valence-electron chi connectivity index (χ0n) is 21.3. The second-order valence-electron chi connectivity index (χ2n) is 9.60. The molecule has 0 atom stereocenters. The van der Waals surface area contributed by atoms with E-state index in [1.165, 1.54) is 22.4 Å². The quantitative estimate of drug-likeness (QED) is 0.342. The predicted molar refractivity (Wildman–Crippen MR) is 146 cm³/mol. The van der Waals surface area contributed by atoms with Gasteiger partial charge in [-0.2, -0.15) is 0 Å². The van der Waals surface area contributed by atoms with Crippen LogP contribution in [0.15, 0.2) is 91.5 Å². The van der Waals surface area contributed by atoms with E-state index in [2.05, 4.69) is 93.5 Å². The maximum absolute atomic E-state index is 5.49. The number of methoxy groups -OCH3 is 1. The Hall–Kier alpha value is -3.61. The number of anilines is 1. The highest BCUT2D eigenvalue weighted by molar-refractivity contribution is 5.51. The average molecular weight is 482 g/mol. The van der Waals surface area contributed by atoms with Gasteiger partial charge < -0.3 is 19.1 Å². The number of ether oxygens (including phenoxy) is 1. The molecule has 0 spiro atoms. The summed E-state index contributed by atoms with van der Waals surface area (Å²) >= 11 is 0. The Kier molecular flexibility index (Phi) is 7.64. The molecule has 1 fully saturated rings. The number of rotatable bonds is 9. The highest BCUT2D eigenvalue weighted by Crippen LogP contribution is 2.25. The monoisotopic (exact) mass is 481 g/mol. The van der Waals surface area contributed by atoms with Crippen molar-refractivity contribution < 1.29 is 4.74 Å². The summed E-state index contributed by atoms with van der Waals surface area (Å²) in [7, 11) is 3.93. The number of piperazine rings is 1. The summed E-state index contributed by atoms with van der Waals surface area (Å²) in [6.45, 7) is 7.10. The molecule has 0 amide bonds. The molecule has 1 aliphatic heterocycles. The van der Waals surface area contributed by atoms with Crippen LogP contribution in [0.2, 0.25) is 0 Å². The van der Waals surface area contributed by atoms with Gasteiger partial charge in [0.25, 0.3) is 0 Å². The van der Waals surface area contributed by atoms with Gasteiger partial charge in [-0.3, -0.25) is 4.90 Å². The van der Waals surface area contributed by atoms with E-state index in [-0.39, 0.29) is 0 Å². The van der Waals surface area contributed by atoms with Crippen LogP contribution < -0.4 is 9.64 Å². The molecule has 1 aliphatic rings. The van der Waals surface area contributed by atoms with Gasteiger partial charge in [0.1, 0.15) is 5.75 Å². The standard InChI is InChI=1S/C30H35N5O/c1-32-14-16-33(17-15-32)21-25-6-3-10-29(18-25)35(23-27-8-5-11-30(20-27)36-2)22-26-7-4-9-28(19-26)34-13-12-31-24-34/h3-13,18-20,24H,14-17,21-23H2,1-2H3. The number of aromatic nitrogens is 2. The summed E-state index contributed by atoms with van der Waals surface area (Å²) in [4.78, 5) is 11.6. The first-order valence-electron chi connectivity index (χ1n) is 12.6. The molecule has 0 aliphatic carbocycles. The molecule has 1 aromatic heterocycles. The smallest absolute Gasteiger partial charge is 0.119 e. The number of likely N-dealkylation sites (N-methyl/N-ethyl adjacent to an activating group) is 1. The number of hydrogen-bond acceptors (Lipinski definition) is 5. The lowest BCUT2D eigenvalue weighted by atomic mass is 10.1. The molecule has 0 unspecified atom stereocenters. The summed E-state index contributed by atoms with van der Waals surface area (Å²) in [6, 6.07) is 26.1. The Labute approximate surface area is 214 Å². The zero-order valence-corrected chi connectivity index (χ0v) is 21.3. The molecular weight excluding hydrogens is 446 g/mol. The number of imidazole rings is 1. The van der Waals surface area contributed by atoms with Crippen LogP contribution in [-0.2, 0) is 19.6 Å². The van der Waals surface area contributed by atoms with Crippen molar-refractivity contribution in [2.24, 2.45) is 0 Å². The molecule has 0 bridgehead atoms. The number of hydrogen-bond donors (Lipinski definition) is 0. The van der Waals surface area contributed by atoms with E-state index in [1.807, 2.05) is 29.4 Å². The highest BCUT2D eigenvalue weighted by atomic mass is 16.5. The van der Waals surface area contributed by atoms with Crippen LogP contribution in [-0.4, -0.2) is 59.7 Å². The van der Waals surface area contributed by atoms with E-state index in [4.69, 9.17) is 4.74 Å². The van der Waals surface area contributed by atoms with Gasteiger partial charge in [-0.25, -0.2) is 4.98 Å². The number of nitrogens with zero attached hydrogens (tertiary/aromatic N) is 5. The molecule has 6 nitrogen and oxygen atoms in total. The van der Waals surface area contributed by atoms with Gasteiger partial charge in [-0.1, -0.05) is 36.4 Å². The maximum atomic E-state index is 5.49. The van der Waals surface area contributed by atoms with Crippen molar-refractivity contribution in [2.45, 2.75) is 19.6 Å². The SMILES string of the molecule is COc1cccc(CN(Cc2cccc(-n3ccnc3)c2)c2cccc(CN3CCN(C)CC3)c2)c1. The zero-order chi connectivity index (χ0) is 24.7. The van der Waals surface area contributed by atoms with Gasteiger partial charge in [-0.05, 0) is 60.1 Å². The van der Waals surface area contributed by atoms with Crippen LogP contribution in [0, 0.1) is 0 Å². The van der Waals surface area contributed by atoms with Crippen molar-refractivity contribution in [3.05, 3.63) is 108 Å². The van der Waals surface area contributed by atoms with E-state index in [1.54, 1.807) is 7.11 Å². The first kappa shape index (κ1) is 24.1. The van der Waals surface area contributed by atoms with Crippen molar-refractivity contribution in [2.75, 3.05) is 45.2 Å². The van der Waals surface area contributed by atoms with Crippen LogP contribution in [0.3, 0.4) is 0 Å². The van der Waals surface area contributed by atoms with Crippen molar-refractivity contribution in [3.63, 3.8) is 0 Å². The van der Waals surface area contributed by atoms with E-state index in [9.17, 15) is 0 Å². The molecule has 4 aromatic rings. The Morgan fingerprint density at radius 2 is 1.56 bits per heavy atom. The second kappa shape index (κ2) is 11.4. The normalized spacial score (nSPS) is 14.6. The van der Waals surface area contributed by atoms with Crippen LogP contribution in [0.1, 0.15) is 16.7 Å². The first-order chi connectivity index (χ1) is 17.7. The Bertz CT molecular complexity index is 1250. The molecule has 6 heteroatoms. The maximum Gasteiger partial charge on any atom is 0.119 e. The molecule has 5 rings (SSSR count). The van der Waals surface area contributed by atoms with E-state index < -0.39 is 0 Å². The van der Waals surface area contributed by atoms with Gasteiger partial charge in [0.05, 0.1) is 13.4 Å². The molecule has 1 saturated heterocycles. The highest BCUT2D eigenvalue weighted by Gasteiger charge is 2.15. The molecule has 0 radical (unpaired) electrons. The molecule has 36 heavy (non-hydrogen) atoms. The minimum absolute atomic E-state index is 0.796. The lowest BCUT2D eigenvalue weighted by Gasteiger charge is -2.32. The van der Waals surface area contributed by atoms with Gasteiger partial charge in [0.15, 0.2) is 0 Å². The fraction of sp³-hybridized carbons (Fsp3) is 0.300. The van der Waals surface area contributed by atoms with E-state index in [0.717, 1.165) is 57.3 Å². The molecule has 0 saturated carbocycles. The fourth-order valence-electron chi connectivity index (χ4n) is 4.79. The summed E-state index contributed by atoms with van der Waals surface area (Å²) in [5.41, 5.74) is 6.20. The Balaban J connectivity index is 1.41. The van der Waals surface area contributed by atoms with Gasteiger partial charge in [-0.15, -0.1) is 0 Å². The Morgan fingerprint density at radius 1 is 0.833 bits per heavy atom. The minimum Gasteiger partial charge on any atom is -0.497 e. The topological polar surface area (TPSA) is 36.8 Å². The number of benzene rings is 3. The van der Waals surface area contributed by atoms with Crippen LogP contribution in [0.5, 0.6) is 5.75 Å². The van der Waals surface area contributed by atoms with E-state index in [0.29, 0.717) is 0 Å². The van der Waals surface area contributed by atoms with Crippen molar-refractivity contribution >= 4 is 5.69 Å². The van der Waals surface area contributed by atoms with Crippen molar-refractivity contribution in [1.29, 1.82) is 0 Å². The van der Waals surface area contributed by atoms with Gasteiger partial charge in [0, 0.05) is 69.6 Å². The third-order valence-electron chi connectivity index (χ3n) is 6.87. The first-order valence-corrected chi connectivity index (χ1v) is 12.6. The van der Waals surface area contributed by atoms with Gasteiger partial charge >= 0.3 is 0 Å². The van der Waals surface area contributed by atoms with Crippen LogP contribution in [0.25, 0.3) is 5.69 Å².